The SMILES string of the molecule is CCCCOc1ccc2c(c1F)-c1c-2cc(C)c(F)c1F. The number of fused-ring (bicyclic) bond motifs is 4. The van der Waals surface area contributed by atoms with Gasteiger partial charge < -0.3 is 4.74 Å². The second-order valence-electron chi connectivity index (χ2n) is 5.25. The van der Waals surface area contributed by atoms with Crippen LogP contribution in [-0.2, 0) is 0 Å². The van der Waals surface area contributed by atoms with Gasteiger partial charge in [0.15, 0.2) is 23.2 Å². The van der Waals surface area contributed by atoms with E-state index in [2.05, 4.69) is 0 Å². The molecule has 4 heteroatoms. The van der Waals surface area contributed by atoms with Gasteiger partial charge in [-0.25, -0.2) is 13.2 Å². The minimum Gasteiger partial charge on any atom is -0.490 e. The van der Waals surface area contributed by atoms with Gasteiger partial charge in [-0.05, 0) is 48.2 Å². The predicted molar refractivity (Wildman–Crippen MR) is 75.9 cm³/mol. The fourth-order valence-corrected chi connectivity index (χ4v) is 2.61. The Labute approximate surface area is 121 Å². The monoisotopic (exact) mass is 292 g/mol. The maximum atomic E-state index is 14.4. The lowest BCUT2D eigenvalue weighted by atomic mass is 9.78. The lowest BCUT2D eigenvalue weighted by molar-refractivity contribution is 0.294. The van der Waals surface area contributed by atoms with Crippen molar-refractivity contribution in [2.45, 2.75) is 26.7 Å². The van der Waals surface area contributed by atoms with Crippen molar-refractivity contribution < 1.29 is 17.9 Å². The van der Waals surface area contributed by atoms with E-state index >= 15 is 0 Å². The van der Waals surface area contributed by atoms with Crippen LogP contribution in [0, 0.1) is 24.4 Å². The summed E-state index contributed by atoms with van der Waals surface area (Å²) in [7, 11) is 0. The zero-order valence-electron chi connectivity index (χ0n) is 11.9. The van der Waals surface area contributed by atoms with Crippen LogP contribution < -0.4 is 4.74 Å². The number of hydrogen-bond donors (Lipinski definition) is 0. The molecular formula is C17H15F3O. The van der Waals surface area contributed by atoms with Crippen molar-refractivity contribution >= 4 is 0 Å². The minimum absolute atomic E-state index is 0.0199. The van der Waals surface area contributed by atoms with Crippen molar-refractivity contribution in [3.05, 3.63) is 41.2 Å². The highest BCUT2D eigenvalue weighted by Gasteiger charge is 2.33. The van der Waals surface area contributed by atoms with Gasteiger partial charge in [0.05, 0.1) is 6.61 Å². The Morgan fingerprint density at radius 1 is 0.952 bits per heavy atom. The molecule has 0 N–H and O–H groups in total. The van der Waals surface area contributed by atoms with Crippen LogP contribution >= 0.6 is 0 Å². The molecule has 0 fully saturated rings. The third kappa shape index (κ3) is 2.01. The summed E-state index contributed by atoms with van der Waals surface area (Å²) in [6, 6.07) is 4.79. The Balaban J connectivity index is 2.03. The van der Waals surface area contributed by atoms with Crippen molar-refractivity contribution in [1.29, 1.82) is 0 Å². The van der Waals surface area contributed by atoms with E-state index in [4.69, 9.17) is 4.74 Å². The van der Waals surface area contributed by atoms with Crippen LogP contribution in [0.15, 0.2) is 18.2 Å². The standard InChI is InChI=1S/C17H15F3O/c1-3-4-7-21-12-6-5-10-11-8-9(2)15(18)17(20)14(11)13(10)16(12)19/h5-6,8H,3-4,7H2,1-2H3. The highest BCUT2D eigenvalue weighted by Crippen LogP contribution is 2.52. The fraction of sp³-hybridized carbons (Fsp3) is 0.294. The Hall–Kier alpha value is -1.97. The number of rotatable bonds is 4. The number of aryl methyl sites for hydroxylation is 1. The maximum absolute atomic E-state index is 14.4. The summed E-state index contributed by atoms with van der Waals surface area (Å²) in [5.41, 5.74) is 1.52. The highest BCUT2D eigenvalue weighted by atomic mass is 19.2. The summed E-state index contributed by atoms with van der Waals surface area (Å²) in [5, 5.41) is 0. The van der Waals surface area contributed by atoms with Crippen molar-refractivity contribution in [2.24, 2.45) is 0 Å². The molecule has 0 heterocycles. The summed E-state index contributed by atoms with van der Waals surface area (Å²) >= 11 is 0. The molecular weight excluding hydrogens is 277 g/mol. The lowest BCUT2D eigenvalue weighted by Crippen LogP contribution is -2.09. The van der Waals surface area contributed by atoms with Gasteiger partial charge in [-0.1, -0.05) is 13.3 Å². The zero-order valence-corrected chi connectivity index (χ0v) is 11.9. The molecule has 2 aromatic carbocycles. The molecule has 0 amide bonds. The average molecular weight is 292 g/mol. The first-order valence-electron chi connectivity index (χ1n) is 7.00. The Morgan fingerprint density at radius 3 is 2.38 bits per heavy atom. The molecule has 1 aliphatic rings. The average Bonchev–Trinajstić information content (AvgIpc) is 2.45. The molecule has 1 aliphatic carbocycles. The third-order valence-electron chi connectivity index (χ3n) is 3.79. The fourth-order valence-electron chi connectivity index (χ4n) is 2.61. The van der Waals surface area contributed by atoms with Gasteiger partial charge in [0, 0.05) is 11.1 Å². The van der Waals surface area contributed by atoms with E-state index < -0.39 is 17.5 Å². The predicted octanol–water partition coefficient (Wildman–Crippen LogP) is 5.24. The van der Waals surface area contributed by atoms with Gasteiger partial charge in [-0.2, -0.15) is 0 Å². The van der Waals surface area contributed by atoms with Gasteiger partial charge in [-0.3, -0.25) is 0 Å². The molecule has 1 nitrogen and oxygen atoms in total. The van der Waals surface area contributed by atoms with Gasteiger partial charge in [-0.15, -0.1) is 0 Å². The van der Waals surface area contributed by atoms with E-state index in [9.17, 15) is 13.2 Å². The van der Waals surface area contributed by atoms with Gasteiger partial charge >= 0.3 is 0 Å². The van der Waals surface area contributed by atoms with Gasteiger partial charge in [0.1, 0.15) is 0 Å². The summed E-state index contributed by atoms with van der Waals surface area (Å²) in [5.74, 6) is -2.43. The van der Waals surface area contributed by atoms with Crippen LogP contribution in [0.5, 0.6) is 5.75 Å². The quantitative estimate of drug-likeness (QED) is 0.598. The van der Waals surface area contributed by atoms with E-state index in [1.165, 1.54) is 6.92 Å². The van der Waals surface area contributed by atoms with E-state index in [-0.39, 0.29) is 22.4 Å². The molecule has 0 atom stereocenters. The topological polar surface area (TPSA) is 9.23 Å². The minimum atomic E-state index is -0.984. The third-order valence-corrected chi connectivity index (χ3v) is 3.79. The molecule has 0 spiro atoms. The lowest BCUT2D eigenvalue weighted by Gasteiger charge is -2.26. The highest BCUT2D eigenvalue weighted by molar-refractivity contribution is 6.03. The smallest absolute Gasteiger partial charge is 0.173 e. The maximum Gasteiger partial charge on any atom is 0.173 e. The normalized spacial score (nSPS) is 11.7. The molecule has 110 valence electrons. The van der Waals surface area contributed by atoms with E-state index in [1.54, 1.807) is 18.2 Å². The van der Waals surface area contributed by atoms with Crippen LogP contribution in [0.1, 0.15) is 25.3 Å². The second-order valence-corrected chi connectivity index (χ2v) is 5.25. The Kier molecular flexibility index (Phi) is 3.40. The van der Waals surface area contributed by atoms with E-state index in [1.807, 2.05) is 6.92 Å². The summed E-state index contributed by atoms with van der Waals surface area (Å²) < 4.78 is 47.5. The van der Waals surface area contributed by atoms with Crippen molar-refractivity contribution in [1.82, 2.24) is 0 Å². The van der Waals surface area contributed by atoms with Crippen molar-refractivity contribution in [3.8, 4) is 28.0 Å². The van der Waals surface area contributed by atoms with Gasteiger partial charge in [0.2, 0.25) is 0 Å². The molecule has 21 heavy (non-hydrogen) atoms. The Bertz CT molecular complexity index is 723. The van der Waals surface area contributed by atoms with Crippen molar-refractivity contribution in [3.63, 3.8) is 0 Å². The number of halogens is 3. The van der Waals surface area contributed by atoms with Crippen LogP contribution in [0.2, 0.25) is 0 Å². The largest absolute Gasteiger partial charge is 0.490 e. The number of hydrogen-bond acceptors (Lipinski definition) is 1. The van der Waals surface area contributed by atoms with Gasteiger partial charge in [0.25, 0.3) is 0 Å². The molecule has 0 radical (unpaired) electrons. The molecule has 2 aromatic rings. The van der Waals surface area contributed by atoms with Crippen LogP contribution in [0.25, 0.3) is 22.3 Å². The first kappa shape index (κ1) is 14.0. The molecule has 0 bridgehead atoms. The molecule has 0 saturated heterocycles. The molecule has 0 aromatic heterocycles. The Morgan fingerprint density at radius 2 is 1.67 bits per heavy atom. The summed E-state index contributed by atoms with van der Waals surface area (Å²) in [4.78, 5) is 0. The zero-order chi connectivity index (χ0) is 15.1. The van der Waals surface area contributed by atoms with E-state index in [0.717, 1.165) is 12.8 Å². The summed E-state index contributed by atoms with van der Waals surface area (Å²) in [6.07, 6.45) is 1.75. The number of benzene rings is 2. The van der Waals surface area contributed by atoms with Crippen LogP contribution in [0.4, 0.5) is 13.2 Å². The molecule has 3 rings (SSSR count). The van der Waals surface area contributed by atoms with E-state index in [0.29, 0.717) is 17.7 Å². The van der Waals surface area contributed by atoms with Crippen LogP contribution in [-0.4, -0.2) is 6.61 Å². The molecule has 0 saturated carbocycles. The molecule has 0 unspecified atom stereocenters. The number of ether oxygens (including phenoxy) is 1. The molecule has 0 aliphatic heterocycles. The van der Waals surface area contributed by atoms with Crippen LogP contribution in [0.3, 0.4) is 0 Å². The first-order valence-corrected chi connectivity index (χ1v) is 7.00. The second kappa shape index (κ2) is 5.10. The van der Waals surface area contributed by atoms with Crippen molar-refractivity contribution in [2.75, 3.05) is 6.61 Å². The first-order chi connectivity index (χ1) is 10.1. The number of unbranched alkanes of at least 4 members (excludes halogenated alkanes) is 1. The summed E-state index contributed by atoms with van der Waals surface area (Å²) in [6.45, 7) is 3.91.